The average molecular weight is 475 g/mol. The molecular weight excluding hydrogens is 437 g/mol. The summed E-state index contributed by atoms with van der Waals surface area (Å²) in [5.41, 5.74) is 5.11. The Labute approximate surface area is 206 Å². The van der Waals surface area contributed by atoms with Gasteiger partial charge in [0.05, 0.1) is 11.4 Å². The van der Waals surface area contributed by atoms with E-state index in [4.69, 9.17) is 4.98 Å². The summed E-state index contributed by atoms with van der Waals surface area (Å²) in [5.74, 6) is 0. The van der Waals surface area contributed by atoms with E-state index in [0.717, 1.165) is 50.4 Å². The molecule has 3 rings (SSSR count). The smallest absolute Gasteiger partial charge is 0.0545 e. The lowest BCUT2D eigenvalue weighted by molar-refractivity contribution is 0.603. The molecule has 174 valence electrons. The van der Waals surface area contributed by atoms with Gasteiger partial charge < -0.3 is 10.6 Å². The molecule has 1 aromatic heterocycles. The van der Waals surface area contributed by atoms with Crippen LogP contribution in [-0.2, 0) is 25.9 Å². The van der Waals surface area contributed by atoms with Crippen LogP contribution in [0.2, 0.25) is 0 Å². The molecule has 0 radical (unpaired) electrons. The lowest BCUT2D eigenvalue weighted by atomic mass is 10.1. The van der Waals surface area contributed by atoms with E-state index in [0.29, 0.717) is 0 Å². The molecule has 0 aliphatic heterocycles. The first-order valence-electron chi connectivity index (χ1n) is 11.3. The number of aromatic nitrogens is 1. The molecule has 2 N–H and O–H groups in total. The summed E-state index contributed by atoms with van der Waals surface area (Å²) in [6.45, 7) is 3.77. The van der Waals surface area contributed by atoms with Crippen molar-refractivity contribution in [2.75, 3.05) is 13.1 Å². The molecule has 0 saturated carbocycles. The third-order valence-corrected chi connectivity index (χ3v) is 5.30. The predicted molar refractivity (Wildman–Crippen MR) is 141 cm³/mol. The molecule has 0 aliphatic carbocycles. The molecule has 32 heavy (non-hydrogen) atoms. The second-order valence-corrected chi connectivity index (χ2v) is 7.86. The van der Waals surface area contributed by atoms with Crippen LogP contribution in [0.3, 0.4) is 0 Å². The molecule has 3 aromatic rings. The SMILES string of the molecule is Cl.Cl.c1ccc(CCCCNCc2cccc(CNCCCCc3ccccc3)n2)cc1. The molecule has 3 nitrogen and oxygen atoms in total. The van der Waals surface area contributed by atoms with Gasteiger partial charge in [0.1, 0.15) is 0 Å². The van der Waals surface area contributed by atoms with Crippen molar-refractivity contribution in [2.45, 2.75) is 51.6 Å². The van der Waals surface area contributed by atoms with Gasteiger partial charge in [0, 0.05) is 13.1 Å². The standard InChI is InChI=1S/C27H35N3.2ClH/c1-3-12-24(13-4-1)16-7-9-20-28-22-26-18-11-19-27(30-26)23-29-21-10-8-17-25-14-5-2-6-15-25;;/h1-6,11-15,18-19,28-29H,7-10,16-17,20-23H2;2*1H. The average Bonchev–Trinajstić information content (AvgIpc) is 2.80. The van der Waals surface area contributed by atoms with E-state index >= 15 is 0 Å². The first-order valence-corrected chi connectivity index (χ1v) is 11.3. The van der Waals surface area contributed by atoms with Crippen molar-refractivity contribution in [3.8, 4) is 0 Å². The van der Waals surface area contributed by atoms with E-state index in [2.05, 4.69) is 89.5 Å². The second kappa shape index (κ2) is 17.6. The van der Waals surface area contributed by atoms with E-state index in [-0.39, 0.29) is 24.8 Å². The Morgan fingerprint density at radius 1 is 0.500 bits per heavy atom. The van der Waals surface area contributed by atoms with E-state index in [1.165, 1.54) is 36.8 Å². The van der Waals surface area contributed by atoms with Crippen LogP contribution in [0, 0.1) is 0 Å². The molecule has 0 spiro atoms. The van der Waals surface area contributed by atoms with E-state index < -0.39 is 0 Å². The van der Waals surface area contributed by atoms with Crippen LogP contribution in [0.25, 0.3) is 0 Å². The van der Waals surface area contributed by atoms with Gasteiger partial charge in [-0.1, -0.05) is 66.7 Å². The predicted octanol–water partition coefficient (Wildman–Crippen LogP) is 6.15. The quantitative estimate of drug-likeness (QED) is 0.275. The summed E-state index contributed by atoms with van der Waals surface area (Å²) < 4.78 is 0. The molecule has 2 aromatic carbocycles. The highest BCUT2D eigenvalue weighted by Gasteiger charge is 1.99. The van der Waals surface area contributed by atoms with Gasteiger partial charge in [0.25, 0.3) is 0 Å². The van der Waals surface area contributed by atoms with Gasteiger partial charge in [-0.3, -0.25) is 4.98 Å². The maximum atomic E-state index is 4.78. The molecule has 0 saturated heterocycles. The summed E-state index contributed by atoms with van der Waals surface area (Å²) in [7, 11) is 0. The fourth-order valence-corrected chi connectivity index (χ4v) is 3.61. The minimum Gasteiger partial charge on any atom is -0.311 e. The monoisotopic (exact) mass is 473 g/mol. The van der Waals surface area contributed by atoms with Gasteiger partial charge >= 0.3 is 0 Å². The Bertz CT molecular complexity index is 762. The number of nitrogens with zero attached hydrogens (tertiary/aromatic N) is 1. The number of hydrogen-bond acceptors (Lipinski definition) is 3. The molecule has 0 aliphatic rings. The Morgan fingerprint density at radius 3 is 1.38 bits per heavy atom. The Morgan fingerprint density at radius 2 is 0.938 bits per heavy atom. The first kappa shape index (κ1) is 28.1. The molecule has 0 unspecified atom stereocenters. The van der Waals surface area contributed by atoms with Crippen LogP contribution in [0.15, 0.2) is 78.9 Å². The summed E-state index contributed by atoms with van der Waals surface area (Å²) >= 11 is 0. The minimum absolute atomic E-state index is 0. The van der Waals surface area contributed by atoms with Gasteiger partial charge in [-0.2, -0.15) is 0 Å². The zero-order chi connectivity index (χ0) is 20.7. The fourth-order valence-electron chi connectivity index (χ4n) is 3.61. The lowest BCUT2D eigenvalue weighted by Crippen LogP contribution is -2.18. The number of benzene rings is 2. The maximum Gasteiger partial charge on any atom is 0.0545 e. The molecule has 1 heterocycles. The maximum absolute atomic E-state index is 4.78. The van der Waals surface area contributed by atoms with Crippen LogP contribution in [0.5, 0.6) is 0 Å². The van der Waals surface area contributed by atoms with Crippen LogP contribution in [0.4, 0.5) is 0 Å². The third-order valence-electron chi connectivity index (χ3n) is 5.30. The number of unbranched alkanes of at least 4 members (excludes halogenated alkanes) is 2. The third kappa shape index (κ3) is 11.6. The number of hydrogen-bond donors (Lipinski definition) is 2. The Balaban J connectivity index is 0.00000256. The van der Waals surface area contributed by atoms with E-state index in [1.54, 1.807) is 0 Å². The molecule has 0 atom stereocenters. The van der Waals surface area contributed by atoms with Gasteiger partial charge in [0.2, 0.25) is 0 Å². The van der Waals surface area contributed by atoms with Crippen molar-refractivity contribution < 1.29 is 0 Å². The Kier molecular flexibility index (Phi) is 15.5. The zero-order valence-electron chi connectivity index (χ0n) is 18.8. The van der Waals surface area contributed by atoms with Crippen molar-refractivity contribution in [3.05, 3.63) is 101 Å². The van der Waals surface area contributed by atoms with Gasteiger partial charge in [-0.15, -0.1) is 24.8 Å². The van der Waals surface area contributed by atoms with Crippen LogP contribution >= 0.6 is 24.8 Å². The van der Waals surface area contributed by atoms with Gasteiger partial charge in [0.15, 0.2) is 0 Å². The van der Waals surface area contributed by atoms with Crippen molar-refractivity contribution in [1.82, 2.24) is 15.6 Å². The molecule has 5 heteroatoms. The first-order chi connectivity index (χ1) is 14.9. The highest BCUT2D eigenvalue weighted by Crippen LogP contribution is 2.05. The number of aryl methyl sites for hydroxylation is 2. The van der Waals surface area contributed by atoms with Crippen molar-refractivity contribution in [3.63, 3.8) is 0 Å². The van der Waals surface area contributed by atoms with Crippen molar-refractivity contribution in [2.24, 2.45) is 0 Å². The number of halogens is 2. The topological polar surface area (TPSA) is 37.0 Å². The Hall–Kier alpha value is -1.91. The lowest BCUT2D eigenvalue weighted by Gasteiger charge is -2.08. The largest absolute Gasteiger partial charge is 0.311 e. The second-order valence-electron chi connectivity index (χ2n) is 7.86. The van der Waals surface area contributed by atoms with Crippen molar-refractivity contribution >= 4 is 24.8 Å². The molecular formula is C27H37Cl2N3. The van der Waals surface area contributed by atoms with E-state index in [9.17, 15) is 0 Å². The summed E-state index contributed by atoms with van der Waals surface area (Å²) in [4.78, 5) is 4.78. The summed E-state index contributed by atoms with van der Waals surface area (Å²) in [6, 6.07) is 27.8. The highest BCUT2D eigenvalue weighted by molar-refractivity contribution is 5.85. The highest BCUT2D eigenvalue weighted by atomic mass is 35.5. The van der Waals surface area contributed by atoms with E-state index in [1.807, 2.05) is 0 Å². The molecule has 0 bridgehead atoms. The molecule has 0 amide bonds. The van der Waals surface area contributed by atoms with Gasteiger partial charge in [-0.05, 0) is 74.9 Å². The number of nitrogens with one attached hydrogen (secondary N) is 2. The fraction of sp³-hybridized carbons (Fsp3) is 0.370. The van der Waals surface area contributed by atoms with Crippen LogP contribution < -0.4 is 10.6 Å². The van der Waals surface area contributed by atoms with Gasteiger partial charge in [-0.25, -0.2) is 0 Å². The summed E-state index contributed by atoms with van der Waals surface area (Å²) in [6.07, 6.45) is 7.15. The van der Waals surface area contributed by atoms with Crippen LogP contribution in [0.1, 0.15) is 48.2 Å². The zero-order valence-corrected chi connectivity index (χ0v) is 20.5. The molecule has 0 fully saturated rings. The summed E-state index contributed by atoms with van der Waals surface area (Å²) in [5, 5.41) is 7.06. The minimum atomic E-state index is 0. The van der Waals surface area contributed by atoms with Crippen LogP contribution in [-0.4, -0.2) is 18.1 Å². The number of rotatable bonds is 14. The normalized spacial score (nSPS) is 10.2. The number of pyridine rings is 1. The van der Waals surface area contributed by atoms with Crippen molar-refractivity contribution in [1.29, 1.82) is 0 Å².